The minimum atomic E-state index is -2.37. The Balaban J connectivity index is 1.65. The fraction of sp³-hybridized carbons (Fsp3) is 0.423. The number of carbonyl (C=O) groups excluding carboxylic acids is 3. The molecule has 41 heavy (non-hydrogen) atoms. The number of hydrogen-bond acceptors (Lipinski definition) is 6. The van der Waals surface area contributed by atoms with Crippen LogP contribution in [0, 0.1) is 0 Å². The number of ether oxygens (including phenoxy) is 1. The first kappa shape index (κ1) is 31.2. The number of benzene rings is 2. The fourth-order valence-corrected chi connectivity index (χ4v) is 5.20. The predicted octanol–water partition coefficient (Wildman–Crippen LogP) is -3.31. The van der Waals surface area contributed by atoms with E-state index in [9.17, 15) is 14.4 Å². The molecule has 2 heterocycles. The molecule has 2 aromatic rings. The number of anilines is 1. The van der Waals surface area contributed by atoms with Crippen molar-refractivity contribution in [2.24, 2.45) is 0 Å². The summed E-state index contributed by atoms with van der Waals surface area (Å²) in [5.41, 5.74) is 3.00. The highest BCUT2D eigenvalue weighted by Crippen LogP contribution is 2.46. The Hall–Kier alpha value is -2.78. The van der Waals surface area contributed by atoms with E-state index >= 15 is 0 Å². The maximum Gasteiger partial charge on any atom is 0.254 e. The Morgan fingerprint density at radius 1 is 1.07 bits per heavy atom. The summed E-state index contributed by atoms with van der Waals surface area (Å²) in [4.78, 5) is 41.7. The SMILES string of the molecule is [B]c1c([B])c(NCc2cccc(CN3CCOCC3)c2)c2c(c1[B])C(=O)N(C(C(=O)NC)C([B])([B])C([B])([B])C=O)C2. The second-order valence-corrected chi connectivity index (χ2v) is 10.5. The summed E-state index contributed by atoms with van der Waals surface area (Å²) in [6, 6.07) is 6.42. The number of amides is 2. The van der Waals surface area contributed by atoms with Crippen LogP contribution in [0.2, 0.25) is 10.4 Å². The van der Waals surface area contributed by atoms with Crippen molar-refractivity contribution in [1.29, 1.82) is 0 Å². The molecule has 1 fully saturated rings. The van der Waals surface area contributed by atoms with Gasteiger partial charge in [0.05, 0.1) is 44.6 Å². The van der Waals surface area contributed by atoms with Crippen molar-refractivity contribution in [1.82, 2.24) is 15.1 Å². The van der Waals surface area contributed by atoms with Crippen LogP contribution in [0.3, 0.4) is 0 Å². The molecule has 0 bridgehead atoms. The second kappa shape index (κ2) is 12.2. The number of rotatable bonds is 10. The summed E-state index contributed by atoms with van der Waals surface area (Å²) in [7, 11) is 44.2. The normalized spacial score (nSPS) is 16.7. The highest BCUT2D eigenvalue weighted by Gasteiger charge is 2.50. The molecule has 14 radical (unpaired) electrons. The van der Waals surface area contributed by atoms with Crippen LogP contribution in [-0.2, 0) is 34.0 Å². The van der Waals surface area contributed by atoms with Gasteiger partial charge in [-0.1, -0.05) is 45.6 Å². The number of nitrogens with zero attached hydrogens (tertiary/aromatic N) is 2. The highest BCUT2D eigenvalue weighted by molar-refractivity contribution is 6.61. The standard InChI is InChI=1S/C26H25B7N4O4/c1-34-23(39)22(26(32,33)25(30,31)13-38)37-12-16-17(24(37)40)18(27)19(28)20(29)21(16)35-10-14-3-2-4-15(9-14)11-36-5-7-41-8-6-36/h2-4,9,13,22,35H,5-8,10-12H2,1H3,(H,34,39). The Kier molecular flexibility index (Phi) is 9.29. The number of nitrogens with one attached hydrogen (secondary N) is 2. The van der Waals surface area contributed by atoms with Gasteiger partial charge >= 0.3 is 0 Å². The van der Waals surface area contributed by atoms with Gasteiger partial charge in [0.2, 0.25) is 5.91 Å². The van der Waals surface area contributed by atoms with Crippen molar-refractivity contribution in [3.05, 3.63) is 46.5 Å². The lowest BCUT2D eigenvalue weighted by Gasteiger charge is -2.48. The van der Waals surface area contributed by atoms with Crippen molar-refractivity contribution in [2.45, 2.75) is 36.1 Å². The molecule has 194 valence electrons. The molecular weight excluding hydrogens is 508 g/mol. The summed E-state index contributed by atoms with van der Waals surface area (Å²) in [5.74, 6) is -1.49. The predicted molar refractivity (Wildman–Crippen MR) is 165 cm³/mol. The van der Waals surface area contributed by atoms with Crippen LogP contribution in [0.5, 0.6) is 0 Å². The van der Waals surface area contributed by atoms with Gasteiger partial charge in [0.15, 0.2) is 0 Å². The van der Waals surface area contributed by atoms with E-state index in [-0.39, 0.29) is 34.8 Å². The first-order valence-electron chi connectivity index (χ1n) is 13.1. The zero-order valence-electron chi connectivity index (χ0n) is 23.0. The average Bonchev–Trinajstić information content (AvgIpc) is 3.28. The Labute approximate surface area is 250 Å². The lowest BCUT2D eigenvalue weighted by molar-refractivity contribution is -0.126. The van der Waals surface area contributed by atoms with Crippen molar-refractivity contribution < 1.29 is 19.1 Å². The molecule has 4 rings (SSSR count). The number of carbonyl (C=O) groups is 3. The van der Waals surface area contributed by atoms with Gasteiger partial charge in [0, 0.05) is 56.6 Å². The average molecular weight is 533 g/mol. The molecule has 2 aliphatic rings. The molecule has 8 nitrogen and oxygen atoms in total. The number of aldehydes is 1. The van der Waals surface area contributed by atoms with Gasteiger partial charge in [-0.25, -0.2) is 0 Å². The van der Waals surface area contributed by atoms with Crippen molar-refractivity contribution in [3.63, 3.8) is 0 Å². The molecule has 0 aromatic heterocycles. The zero-order valence-corrected chi connectivity index (χ0v) is 23.0. The van der Waals surface area contributed by atoms with Gasteiger partial charge in [-0.05, 0) is 11.1 Å². The van der Waals surface area contributed by atoms with Crippen LogP contribution in [0.15, 0.2) is 24.3 Å². The first-order chi connectivity index (χ1) is 19.3. The number of fused-ring (bicyclic) bond motifs is 1. The van der Waals surface area contributed by atoms with Gasteiger partial charge in [0.25, 0.3) is 5.91 Å². The maximum atomic E-state index is 13.7. The summed E-state index contributed by atoms with van der Waals surface area (Å²) >= 11 is 0. The van der Waals surface area contributed by atoms with Crippen molar-refractivity contribution in [3.8, 4) is 0 Å². The summed E-state index contributed by atoms with van der Waals surface area (Å²) < 4.78 is 5.43. The van der Waals surface area contributed by atoms with Crippen molar-refractivity contribution >= 4 is 95.1 Å². The molecule has 0 spiro atoms. The van der Waals surface area contributed by atoms with E-state index in [1.165, 1.54) is 7.05 Å². The zero-order chi connectivity index (χ0) is 30.1. The third-order valence-electron chi connectivity index (χ3n) is 7.70. The molecule has 1 unspecified atom stereocenters. The smallest absolute Gasteiger partial charge is 0.254 e. The van der Waals surface area contributed by atoms with Gasteiger partial charge in [-0.3, -0.25) is 14.5 Å². The quantitative estimate of drug-likeness (QED) is 0.246. The third kappa shape index (κ3) is 5.93. The van der Waals surface area contributed by atoms with E-state index in [4.69, 9.17) is 59.7 Å². The Morgan fingerprint density at radius 2 is 1.73 bits per heavy atom. The molecule has 15 heteroatoms. The second-order valence-electron chi connectivity index (χ2n) is 10.5. The molecule has 2 aromatic carbocycles. The molecule has 2 amide bonds. The lowest BCUT2D eigenvalue weighted by atomic mass is 9.28. The molecular formula is C26H25B7N4O4. The van der Waals surface area contributed by atoms with Crippen LogP contribution in [-0.4, -0.2) is 122 Å². The van der Waals surface area contributed by atoms with E-state index in [1.54, 1.807) is 0 Å². The minimum Gasteiger partial charge on any atom is -0.381 e. The van der Waals surface area contributed by atoms with Crippen LogP contribution in [0.25, 0.3) is 0 Å². The van der Waals surface area contributed by atoms with E-state index in [0.29, 0.717) is 31.0 Å². The lowest BCUT2D eigenvalue weighted by Crippen LogP contribution is -2.58. The van der Waals surface area contributed by atoms with Gasteiger partial charge in [-0.15, -0.1) is 5.46 Å². The molecule has 1 saturated heterocycles. The number of morpholine rings is 1. The van der Waals surface area contributed by atoms with E-state index in [0.717, 1.165) is 35.7 Å². The molecule has 0 aliphatic carbocycles. The van der Waals surface area contributed by atoms with Crippen LogP contribution >= 0.6 is 0 Å². The summed E-state index contributed by atoms with van der Waals surface area (Å²) in [6.07, 6.45) is 0.126. The molecule has 2 aliphatic heterocycles. The van der Waals surface area contributed by atoms with E-state index < -0.39 is 28.3 Å². The number of hydrogen-bond donors (Lipinski definition) is 2. The van der Waals surface area contributed by atoms with E-state index in [2.05, 4.69) is 27.7 Å². The molecule has 0 saturated carbocycles. The largest absolute Gasteiger partial charge is 0.381 e. The first-order valence-corrected chi connectivity index (χ1v) is 13.1. The van der Waals surface area contributed by atoms with Crippen LogP contribution in [0.1, 0.15) is 27.0 Å². The minimum absolute atomic E-state index is 0.00524. The summed E-state index contributed by atoms with van der Waals surface area (Å²) in [5, 5.41) is 0.955. The van der Waals surface area contributed by atoms with Crippen LogP contribution in [0.4, 0.5) is 5.69 Å². The fourth-order valence-electron chi connectivity index (χ4n) is 5.20. The topological polar surface area (TPSA) is 91.0 Å². The Bertz CT molecular complexity index is 1350. The van der Waals surface area contributed by atoms with Gasteiger partial charge in [-0.2, -0.15) is 0 Å². The maximum absolute atomic E-state index is 13.7. The van der Waals surface area contributed by atoms with Crippen LogP contribution < -0.4 is 27.0 Å². The molecule has 1 atom stereocenters. The highest BCUT2D eigenvalue weighted by atomic mass is 16.5. The Morgan fingerprint density at radius 3 is 2.37 bits per heavy atom. The van der Waals surface area contributed by atoms with Crippen molar-refractivity contribution in [2.75, 3.05) is 38.7 Å². The third-order valence-corrected chi connectivity index (χ3v) is 7.70. The van der Waals surface area contributed by atoms with Gasteiger partial charge in [0.1, 0.15) is 35.9 Å². The summed E-state index contributed by atoms with van der Waals surface area (Å²) in [6.45, 7) is 4.11. The van der Waals surface area contributed by atoms with E-state index in [1.807, 2.05) is 12.1 Å². The molecule has 2 N–H and O–H groups in total. The monoisotopic (exact) mass is 534 g/mol. The van der Waals surface area contributed by atoms with Gasteiger partial charge < -0.3 is 25.1 Å². The number of likely N-dealkylation sites (N-methyl/N-ethyl adjacent to an activating group) is 1.